The van der Waals surface area contributed by atoms with E-state index in [0.29, 0.717) is 0 Å². The number of benzene rings is 3. The van der Waals surface area contributed by atoms with Gasteiger partial charge in [-0.3, -0.25) is 0 Å². The summed E-state index contributed by atoms with van der Waals surface area (Å²) < 4.78 is 26.3. The van der Waals surface area contributed by atoms with E-state index in [9.17, 15) is 8.78 Å². The molecule has 0 radical (unpaired) electrons. The third-order valence-corrected chi connectivity index (χ3v) is 3.52. The van der Waals surface area contributed by atoms with Crippen LogP contribution in [0.5, 0.6) is 0 Å². The maximum Gasteiger partial charge on any atom is 0.123 e. The average Bonchev–Trinajstić information content (AvgIpc) is 2.52. The Morgan fingerprint density at radius 2 is 1.45 bits per heavy atom. The lowest BCUT2D eigenvalue weighted by molar-refractivity contribution is 0.628. The van der Waals surface area contributed by atoms with E-state index in [4.69, 9.17) is 0 Å². The Bertz CT molecular complexity index is 795. The zero-order chi connectivity index (χ0) is 15.5. The summed E-state index contributed by atoms with van der Waals surface area (Å²) in [6, 6.07) is 18.6. The van der Waals surface area contributed by atoms with E-state index in [1.54, 1.807) is 18.2 Å². The van der Waals surface area contributed by atoms with Crippen LogP contribution in [0, 0.1) is 18.6 Å². The number of anilines is 2. The first-order valence-electron chi connectivity index (χ1n) is 7.01. The topological polar surface area (TPSA) is 12.0 Å². The standard InChI is InChI=1S/C19H15F2N/c1-13-5-6-15(14-3-2-4-17(21)11-14)12-19(13)22-18-9-7-16(20)8-10-18/h2-12,22H,1H3. The van der Waals surface area contributed by atoms with E-state index in [-0.39, 0.29) is 11.6 Å². The lowest BCUT2D eigenvalue weighted by Gasteiger charge is -2.12. The predicted octanol–water partition coefficient (Wildman–Crippen LogP) is 5.68. The molecule has 3 aromatic carbocycles. The number of nitrogens with one attached hydrogen (secondary N) is 1. The highest BCUT2D eigenvalue weighted by molar-refractivity contribution is 5.73. The van der Waals surface area contributed by atoms with Gasteiger partial charge in [-0.25, -0.2) is 8.78 Å². The summed E-state index contributed by atoms with van der Waals surface area (Å²) in [5.41, 5.74) is 4.52. The molecular weight excluding hydrogens is 280 g/mol. The molecule has 0 unspecified atom stereocenters. The van der Waals surface area contributed by atoms with Crippen LogP contribution in [0.2, 0.25) is 0 Å². The lowest BCUT2D eigenvalue weighted by Crippen LogP contribution is -1.94. The fraction of sp³-hybridized carbons (Fsp3) is 0.0526. The van der Waals surface area contributed by atoms with Crippen molar-refractivity contribution in [1.29, 1.82) is 0 Å². The van der Waals surface area contributed by atoms with Gasteiger partial charge in [0.25, 0.3) is 0 Å². The van der Waals surface area contributed by atoms with Gasteiger partial charge in [0.15, 0.2) is 0 Å². The van der Waals surface area contributed by atoms with Gasteiger partial charge in [0.2, 0.25) is 0 Å². The van der Waals surface area contributed by atoms with Crippen LogP contribution in [0.4, 0.5) is 20.2 Å². The Balaban J connectivity index is 1.94. The molecule has 0 aromatic heterocycles. The summed E-state index contributed by atoms with van der Waals surface area (Å²) in [7, 11) is 0. The molecule has 0 aliphatic rings. The van der Waals surface area contributed by atoms with Gasteiger partial charge >= 0.3 is 0 Å². The summed E-state index contributed by atoms with van der Waals surface area (Å²) in [6.45, 7) is 1.99. The van der Waals surface area contributed by atoms with Gasteiger partial charge in [-0.15, -0.1) is 0 Å². The summed E-state index contributed by atoms with van der Waals surface area (Å²) in [5, 5.41) is 3.26. The van der Waals surface area contributed by atoms with E-state index in [1.807, 2.05) is 31.2 Å². The van der Waals surface area contributed by atoms with Gasteiger partial charge < -0.3 is 5.32 Å². The van der Waals surface area contributed by atoms with Crippen molar-refractivity contribution in [2.24, 2.45) is 0 Å². The van der Waals surface area contributed by atoms with Crippen molar-refractivity contribution in [3.63, 3.8) is 0 Å². The number of aryl methyl sites for hydroxylation is 1. The molecule has 1 nitrogen and oxygen atoms in total. The van der Waals surface area contributed by atoms with Crippen molar-refractivity contribution in [1.82, 2.24) is 0 Å². The van der Waals surface area contributed by atoms with E-state index in [1.165, 1.54) is 24.3 Å². The Labute approximate surface area is 128 Å². The summed E-state index contributed by atoms with van der Waals surface area (Å²) in [5.74, 6) is -0.526. The Hall–Kier alpha value is -2.68. The Morgan fingerprint density at radius 1 is 0.727 bits per heavy atom. The van der Waals surface area contributed by atoms with Crippen molar-refractivity contribution < 1.29 is 8.78 Å². The molecule has 3 rings (SSSR count). The molecule has 1 N–H and O–H groups in total. The summed E-state index contributed by atoms with van der Waals surface area (Å²) in [4.78, 5) is 0. The van der Waals surface area contributed by atoms with Crippen molar-refractivity contribution in [3.8, 4) is 11.1 Å². The minimum atomic E-state index is -0.268. The molecule has 0 aliphatic heterocycles. The maximum atomic E-state index is 13.4. The van der Waals surface area contributed by atoms with E-state index < -0.39 is 0 Å². The second kappa shape index (κ2) is 5.98. The zero-order valence-electron chi connectivity index (χ0n) is 12.1. The third-order valence-electron chi connectivity index (χ3n) is 3.52. The monoisotopic (exact) mass is 295 g/mol. The summed E-state index contributed by atoms with van der Waals surface area (Å²) >= 11 is 0. The second-order valence-corrected chi connectivity index (χ2v) is 5.17. The molecule has 0 spiro atoms. The van der Waals surface area contributed by atoms with Crippen LogP contribution in [0.15, 0.2) is 66.7 Å². The van der Waals surface area contributed by atoms with Gasteiger partial charge in [-0.2, -0.15) is 0 Å². The number of hydrogen-bond acceptors (Lipinski definition) is 1. The van der Waals surface area contributed by atoms with E-state index >= 15 is 0 Å². The highest BCUT2D eigenvalue weighted by Gasteiger charge is 2.04. The molecule has 22 heavy (non-hydrogen) atoms. The number of halogens is 2. The Morgan fingerprint density at radius 3 is 2.18 bits per heavy atom. The van der Waals surface area contributed by atoms with Gasteiger partial charge in [0, 0.05) is 11.4 Å². The van der Waals surface area contributed by atoms with Crippen LogP contribution in [0.3, 0.4) is 0 Å². The second-order valence-electron chi connectivity index (χ2n) is 5.17. The van der Waals surface area contributed by atoms with Gasteiger partial charge in [-0.1, -0.05) is 24.3 Å². The zero-order valence-corrected chi connectivity index (χ0v) is 12.1. The smallest absolute Gasteiger partial charge is 0.123 e. The first-order valence-corrected chi connectivity index (χ1v) is 7.01. The molecule has 0 heterocycles. The minimum Gasteiger partial charge on any atom is -0.355 e. The minimum absolute atomic E-state index is 0.258. The van der Waals surface area contributed by atoms with Crippen molar-refractivity contribution in [3.05, 3.63) is 83.9 Å². The fourth-order valence-corrected chi connectivity index (χ4v) is 2.29. The first-order chi connectivity index (χ1) is 10.6. The molecule has 0 fully saturated rings. The molecule has 3 aromatic rings. The number of hydrogen-bond donors (Lipinski definition) is 1. The lowest BCUT2D eigenvalue weighted by atomic mass is 10.0. The van der Waals surface area contributed by atoms with Crippen LogP contribution in [-0.2, 0) is 0 Å². The fourth-order valence-electron chi connectivity index (χ4n) is 2.29. The SMILES string of the molecule is Cc1ccc(-c2cccc(F)c2)cc1Nc1ccc(F)cc1. The highest BCUT2D eigenvalue weighted by atomic mass is 19.1. The predicted molar refractivity (Wildman–Crippen MR) is 86.3 cm³/mol. The van der Waals surface area contributed by atoms with Gasteiger partial charge in [0.05, 0.1) is 0 Å². The summed E-state index contributed by atoms with van der Waals surface area (Å²) in [6.07, 6.45) is 0. The molecule has 0 saturated carbocycles. The van der Waals surface area contributed by atoms with Gasteiger partial charge in [0.1, 0.15) is 11.6 Å². The molecule has 3 heteroatoms. The normalized spacial score (nSPS) is 10.5. The molecule has 0 aliphatic carbocycles. The quantitative estimate of drug-likeness (QED) is 0.655. The molecule has 0 amide bonds. The largest absolute Gasteiger partial charge is 0.355 e. The molecule has 110 valence electrons. The molecule has 0 saturated heterocycles. The molecule has 0 atom stereocenters. The third kappa shape index (κ3) is 3.14. The van der Waals surface area contributed by atoms with Crippen molar-refractivity contribution in [2.75, 3.05) is 5.32 Å². The maximum absolute atomic E-state index is 13.4. The number of rotatable bonds is 3. The van der Waals surface area contributed by atoms with Crippen LogP contribution in [0.25, 0.3) is 11.1 Å². The average molecular weight is 295 g/mol. The molecular formula is C19H15F2N. The highest BCUT2D eigenvalue weighted by Crippen LogP contribution is 2.28. The van der Waals surface area contributed by atoms with Crippen molar-refractivity contribution in [2.45, 2.75) is 6.92 Å². The first kappa shape index (κ1) is 14.3. The van der Waals surface area contributed by atoms with E-state index in [0.717, 1.165) is 28.1 Å². The van der Waals surface area contributed by atoms with Crippen LogP contribution >= 0.6 is 0 Å². The Kier molecular flexibility index (Phi) is 3.88. The van der Waals surface area contributed by atoms with Crippen LogP contribution in [-0.4, -0.2) is 0 Å². The van der Waals surface area contributed by atoms with Crippen LogP contribution < -0.4 is 5.32 Å². The van der Waals surface area contributed by atoms with E-state index in [2.05, 4.69) is 5.32 Å². The van der Waals surface area contributed by atoms with Gasteiger partial charge in [-0.05, 0) is 66.1 Å². The van der Waals surface area contributed by atoms with Crippen molar-refractivity contribution >= 4 is 11.4 Å². The molecule has 0 bridgehead atoms. The van der Waals surface area contributed by atoms with Crippen LogP contribution in [0.1, 0.15) is 5.56 Å².